The molecule has 0 saturated carbocycles. The summed E-state index contributed by atoms with van der Waals surface area (Å²) in [4.78, 5) is 32.8. The second-order valence-electron chi connectivity index (χ2n) is 8.04. The number of carbonyl (C=O) groups is 2. The Hall–Kier alpha value is -4.43. The fraction of sp³-hybridized carbons (Fsp3) is 0.107. The van der Waals surface area contributed by atoms with E-state index in [2.05, 4.69) is 11.6 Å². The zero-order chi connectivity index (χ0) is 25.2. The van der Waals surface area contributed by atoms with E-state index in [1.165, 1.54) is 16.2 Å². The third-order valence-corrected chi connectivity index (χ3v) is 6.84. The molecule has 180 valence electrons. The summed E-state index contributed by atoms with van der Waals surface area (Å²) in [5.41, 5.74) is 1.70. The van der Waals surface area contributed by atoms with E-state index in [0.29, 0.717) is 39.9 Å². The van der Waals surface area contributed by atoms with Gasteiger partial charge >= 0.3 is 5.91 Å². The fourth-order valence-electron chi connectivity index (χ4n) is 4.15. The van der Waals surface area contributed by atoms with E-state index < -0.39 is 17.7 Å². The van der Waals surface area contributed by atoms with E-state index in [-0.39, 0.29) is 11.3 Å². The van der Waals surface area contributed by atoms with Crippen LogP contribution in [0.4, 0.5) is 5.13 Å². The van der Waals surface area contributed by atoms with Gasteiger partial charge in [-0.2, -0.15) is 0 Å². The molecule has 7 nitrogen and oxygen atoms in total. The highest BCUT2D eigenvalue weighted by atomic mass is 32.1. The molecule has 0 radical (unpaired) electrons. The van der Waals surface area contributed by atoms with E-state index in [1.807, 2.05) is 12.1 Å². The van der Waals surface area contributed by atoms with Crippen LogP contribution in [0, 0.1) is 0 Å². The number of amides is 1. The van der Waals surface area contributed by atoms with Gasteiger partial charge in [-0.25, -0.2) is 4.98 Å². The standard InChI is InChI=1S/C28H22N2O5S/c1-3-14-35-20-11-7-10-18(15-20)24-23(25(31)17-8-5-4-6-9-17)26(32)27(33)30(24)28-29-21-13-12-19(34-2)16-22(21)36-28/h3-13,15-16,24,31H,1,14H2,2H3. The summed E-state index contributed by atoms with van der Waals surface area (Å²) < 4.78 is 11.8. The van der Waals surface area contributed by atoms with Crippen molar-refractivity contribution in [1.82, 2.24) is 4.98 Å². The molecule has 4 aromatic rings. The average molecular weight is 499 g/mol. The molecule has 1 saturated heterocycles. The SMILES string of the molecule is C=CCOc1cccc(C2C(=C(O)c3ccccc3)C(=O)C(=O)N2c2nc3ccc(OC)cc3s2)c1. The summed E-state index contributed by atoms with van der Waals surface area (Å²) in [5.74, 6) is -0.586. The summed E-state index contributed by atoms with van der Waals surface area (Å²) in [6.07, 6.45) is 1.63. The highest BCUT2D eigenvalue weighted by Crippen LogP contribution is 2.45. The van der Waals surface area contributed by atoms with Crippen molar-refractivity contribution in [2.24, 2.45) is 0 Å². The van der Waals surface area contributed by atoms with E-state index in [9.17, 15) is 14.7 Å². The van der Waals surface area contributed by atoms with Gasteiger partial charge in [-0.05, 0) is 35.9 Å². The van der Waals surface area contributed by atoms with Crippen LogP contribution in [0.25, 0.3) is 16.0 Å². The Morgan fingerprint density at radius 1 is 1.08 bits per heavy atom. The average Bonchev–Trinajstić information content (AvgIpc) is 3.45. The second-order valence-corrected chi connectivity index (χ2v) is 9.05. The van der Waals surface area contributed by atoms with Crippen LogP contribution in [0.2, 0.25) is 0 Å². The molecular formula is C28H22N2O5S. The molecule has 0 bridgehead atoms. The van der Waals surface area contributed by atoms with E-state index in [4.69, 9.17) is 9.47 Å². The Balaban J connectivity index is 1.70. The lowest BCUT2D eigenvalue weighted by molar-refractivity contribution is -0.132. The normalized spacial score (nSPS) is 16.9. The second kappa shape index (κ2) is 9.67. The number of fused-ring (bicyclic) bond motifs is 1. The molecule has 1 fully saturated rings. The number of hydrogen-bond donors (Lipinski definition) is 1. The first-order valence-electron chi connectivity index (χ1n) is 11.2. The van der Waals surface area contributed by atoms with Gasteiger partial charge in [0.25, 0.3) is 5.78 Å². The van der Waals surface area contributed by atoms with Crippen molar-refractivity contribution in [3.63, 3.8) is 0 Å². The highest BCUT2D eigenvalue weighted by Gasteiger charge is 2.48. The maximum atomic E-state index is 13.4. The third-order valence-electron chi connectivity index (χ3n) is 5.82. The molecule has 3 aromatic carbocycles. The smallest absolute Gasteiger partial charge is 0.301 e. The van der Waals surface area contributed by atoms with Crippen molar-refractivity contribution in [2.75, 3.05) is 18.6 Å². The Labute approximate surface area is 211 Å². The lowest BCUT2D eigenvalue weighted by atomic mass is 9.95. The molecule has 0 spiro atoms. The number of thiazole rings is 1. The quantitative estimate of drug-likeness (QED) is 0.157. The molecule has 1 aliphatic rings. The van der Waals surface area contributed by atoms with Crippen LogP contribution in [0.3, 0.4) is 0 Å². The summed E-state index contributed by atoms with van der Waals surface area (Å²) in [6, 6.07) is 20.3. The molecule has 0 aliphatic carbocycles. The number of ketones is 1. The number of ether oxygens (including phenoxy) is 2. The van der Waals surface area contributed by atoms with Gasteiger partial charge in [0.1, 0.15) is 23.9 Å². The zero-order valence-corrected chi connectivity index (χ0v) is 20.2. The number of hydrogen-bond acceptors (Lipinski definition) is 7. The van der Waals surface area contributed by atoms with Crippen molar-refractivity contribution in [3.05, 3.63) is 102 Å². The van der Waals surface area contributed by atoms with Crippen molar-refractivity contribution >= 4 is 44.1 Å². The van der Waals surface area contributed by atoms with Crippen LogP contribution in [0.15, 0.2) is 91.0 Å². The third kappa shape index (κ3) is 4.12. The van der Waals surface area contributed by atoms with Gasteiger partial charge in [-0.3, -0.25) is 14.5 Å². The molecule has 1 atom stereocenters. The van der Waals surface area contributed by atoms with Crippen molar-refractivity contribution in [1.29, 1.82) is 0 Å². The number of rotatable bonds is 7. The van der Waals surface area contributed by atoms with E-state index in [1.54, 1.807) is 73.8 Å². The van der Waals surface area contributed by atoms with Crippen LogP contribution in [0.5, 0.6) is 11.5 Å². The monoisotopic (exact) mass is 498 g/mol. The number of carbonyl (C=O) groups excluding carboxylic acids is 2. The number of anilines is 1. The number of aliphatic hydroxyl groups excluding tert-OH is 1. The number of benzene rings is 3. The highest BCUT2D eigenvalue weighted by molar-refractivity contribution is 7.22. The molecule has 1 aliphatic heterocycles. The summed E-state index contributed by atoms with van der Waals surface area (Å²) in [5, 5.41) is 11.6. The van der Waals surface area contributed by atoms with Crippen LogP contribution >= 0.6 is 11.3 Å². The van der Waals surface area contributed by atoms with Gasteiger partial charge < -0.3 is 14.6 Å². The van der Waals surface area contributed by atoms with Crippen molar-refractivity contribution < 1.29 is 24.2 Å². The summed E-state index contributed by atoms with van der Waals surface area (Å²) in [6.45, 7) is 3.97. The van der Waals surface area contributed by atoms with E-state index >= 15 is 0 Å². The van der Waals surface area contributed by atoms with Gasteiger partial charge in [0.05, 0.1) is 28.9 Å². The van der Waals surface area contributed by atoms with Crippen LogP contribution < -0.4 is 14.4 Å². The first-order chi connectivity index (χ1) is 17.5. The van der Waals surface area contributed by atoms with Gasteiger partial charge in [0.2, 0.25) is 0 Å². The minimum atomic E-state index is -0.903. The number of aliphatic hydroxyl groups is 1. The van der Waals surface area contributed by atoms with Crippen molar-refractivity contribution in [3.8, 4) is 11.5 Å². The molecule has 2 heterocycles. The number of Topliss-reactive ketones (excluding diaryl/α,β-unsaturated/α-hetero) is 1. The van der Waals surface area contributed by atoms with Crippen LogP contribution in [-0.4, -0.2) is 35.5 Å². The first kappa shape index (κ1) is 23.3. The Bertz CT molecular complexity index is 1510. The Morgan fingerprint density at radius 3 is 2.64 bits per heavy atom. The van der Waals surface area contributed by atoms with Gasteiger partial charge in [0, 0.05) is 5.56 Å². The summed E-state index contributed by atoms with van der Waals surface area (Å²) in [7, 11) is 1.58. The predicted octanol–water partition coefficient (Wildman–Crippen LogP) is 5.50. The first-order valence-corrected chi connectivity index (χ1v) is 12.0. The maximum absolute atomic E-state index is 13.4. The molecule has 1 amide bonds. The maximum Gasteiger partial charge on any atom is 0.301 e. The molecule has 1 unspecified atom stereocenters. The fourth-order valence-corrected chi connectivity index (χ4v) is 5.17. The van der Waals surface area contributed by atoms with Crippen molar-refractivity contribution in [2.45, 2.75) is 6.04 Å². The van der Waals surface area contributed by atoms with E-state index in [0.717, 1.165) is 4.70 Å². The minimum absolute atomic E-state index is 0.0103. The van der Waals surface area contributed by atoms with Gasteiger partial charge in [-0.1, -0.05) is 66.5 Å². The molecule has 5 rings (SSSR count). The molecular weight excluding hydrogens is 476 g/mol. The molecule has 36 heavy (non-hydrogen) atoms. The van der Waals surface area contributed by atoms with Gasteiger partial charge in [0.15, 0.2) is 5.13 Å². The molecule has 1 aromatic heterocycles. The topological polar surface area (TPSA) is 89.0 Å². The number of methoxy groups -OCH3 is 1. The number of nitrogens with zero attached hydrogens (tertiary/aromatic N) is 2. The minimum Gasteiger partial charge on any atom is -0.507 e. The largest absolute Gasteiger partial charge is 0.507 e. The zero-order valence-electron chi connectivity index (χ0n) is 19.4. The lowest BCUT2D eigenvalue weighted by Gasteiger charge is -2.23. The van der Waals surface area contributed by atoms with Crippen LogP contribution in [-0.2, 0) is 9.59 Å². The summed E-state index contributed by atoms with van der Waals surface area (Å²) >= 11 is 1.27. The van der Waals surface area contributed by atoms with Crippen LogP contribution in [0.1, 0.15) is 17.2 Å². The number of aromatic nitrogens is 1. The van der Waals surface area contributed by atoms with Gasteiger partial charge in [-0.15, -0.1) is 0 Å². The molecule has 1 N–H and O–H groups in total. The Kier molecular flexibility index (Phi) is 6.26. The lowest BCUT2D eigenvalue weighted by Crippen LogP contribution is -2.29. The Morgan fingerprint density at radius 2 is 1.89 bits per heavy atom. The predicted molar refractivity (Wildman–Crippen MR) is 140 cm³/mol. The molecule has 8 heteroatoms.